The summed E-state index contributed by atoms with van der Waals surface area (Å²) in [6.45, 7) is -2.38. The first-order valence-electron chi connectivity index (χ1n) is 12.1. The molecule has 0 aromatic rings. The average molecular weight is 571 g/mol. The molecule has 11 nitrogen and oxygen atoms in total. The number of carbonyl (C=O) groups is 4. The number of aliphatic carboxylic acids is 1. The third-order valence-electron chi connectivity index (χ3n) is 7.66. The SMILES string of the molecule is N#C[C@H](C[C@@H]1CCCNC1=O)N(C(=O)C(F)(F)F)C(COC(F)(F)F)(C(=O)O)N1CC2CCCC2C1C(N)=O. The molecule has 39 heavy (non-hydrogen) atoms. The zero-order valence-corrected chi connectivity index (χ0v) is 20.4. The van der Waals surface area contributed by atoms with Crippen molar-refractivity contribution in [2.24, 2.45) is 23.5 Å². The molecule has 1 saturated carbocycles. The summed E-state index contributed by atoms with van der Waals surface area (Å²) in [4.78, 5) is 50.5. The molecule has 0 radical (unpaired) electrons. The van der Waals surface area contributed by atoms with Crippen molar-refractivity contribution in [1.82, 2.24) is 15.1 Å². The number of nitrogens with zero attached hydrogens (tertiary/aromatic N) is 3. The number of ether oxygens (including phenoxy) is 1. The molecule has 3 rings (SSSR count). The Balaban J connectivity index is 2.24. The molecule has 6 atom stereocenters. The summed E-state index contributed by atoms with van der Waals surface area (Å²) >= 11 is 0. The van der Waals surface area contributed by atoms with Crippen molar-refractivity contribution in [2.45, 2.75) is 68.8 Å². The minimum atomic E-state index is -5.86. The fourth-order valence-corrected chi connectivity index (χ4v) is 6.06. The van der Waals surface area contributed by atoms with Crippen LogP contribution in [0.5, 0.6) is 0 Å². The number of amides is 3. The molecular weight excluding hydrogens is 544 g/mol. The van der Waals surface area contributed by atoms with Crippen molar-refractivity contribution in [3.63, 3.8) is 0 Å². The second kappa shape index (κ2) is 11.2. The van der Waals surface area contributed by atoms with Crippen LogP contribution >= 0.6 is 0 Å². The molecule has 17 heteroatoms. The number of carboxylic acids is 1. The summed E-state index contributed by atoms with van der Waals surface area (Å²) in [6, 6.07) is -2.65. The van der Waals surface area contributed by atoms with Crippen molar-refractivity contribution in [1.29, 1.82) is 5.26 Å². The third kappa shape index (κ3) is 6.06. The van der Waals surface area contributed by atoms with E-state index in [-0.39, 0.29) is 19.4 Å². The number of primary amides is 1. The number of alkyl halides is 6. The van der Waals surface area contributed by atoms with Crippen LogP contribution in [0.1, 0.15) is 38.5 Å². The first kappa shape index (κ1) is 30.4. The number of hydrogen-bond donors (Lipinski definition) is 3. The van der Waals surface area contributed by atoms with Gasteiger partial charge in [-0.1, -0.05) is 6.42 Å². The topological polar surface area (TPSA) is 166 Å². The molecule has 4 N–H and O–H groups in total. The normalized spacial score (nSPS) is 28.1. The van der Waals surface area contributed by atoms with Crippen molar-refractivity contribution < 1.29 is 55.4 Å². The molecule has 3 amide bonds. The molecule has 3 aliphatic rings. The maximum Gasteiger partial charge on any atom is 0.522 e. The number of nitrogens with one attached hydrogen (secondary N) is 1. The maximum atomic E-state index is 13.9. The van der Waals surface area contributed by atoms with Gasteiger partial charge in [0.2, 0.25) is 17.5 Å². The quantitative estimate of drug-likeness (QED) is 0.346. The van der Waals surface area contributed by atoms with E-state index in [0.717, 1.165) is 0 Å². The van der Waals surface area contributed by atoms with Gasteiger partial charge in [-0.15, -0.1) is 13.2 Å². The summed E-state index contributed by atoms with van der Waals surface area (Å²) in [5, 5.41) is 22.6. The van der Waals surface area contributed by atoms with Crippen LogP contribution in [0.25, 0.3) is 0 Å². The van der Waals surface area contributed by atoms with Gasteiger partial charge in [-0.2, -0.15) is 18.4 Å². The summed E-state index contributed by atoms with van der Waals surface area (Å²) in [7, 11) is 0. The van der Waals surface area contributed by atoms with E-state index in [1.165, 1.54) is 6.07 Å². The molecule has 2 saturated heterocycles. The average Bonchev–Trinajstić information content (AvgIpc) is 3.41. The number of fused-ring (bicyclic) bond motifs is 1. The summed E-state index contributed by atoms with van der Waals surface area (Å²) in [5.74, 6) is -9.63. The molecule has 4 unspecified atom stereocenters. The number of hydrogen-bond acceptors (Lipinski definition) is 7. The molecule has 2 aliphatic heterocycles. The number of halogens is 6. The van der Waals surface area contributed by atoms with E-state index in [4.69, 9.17) is 5.73 Å². The Bertz CT molecular complexity index is 1030. The van der Waals surface area contributed by atoms with Crippen LogP contribution < -0.4 is 11.1 Å². The third-order valence-corrected chi connectivity index (χ3v) is 7.66. The summed E-state index contributed by atoms with van der Waals surface area (Å²) < 4.78 is 85.4. The van der Waals surface area contributed by atoms with Gasteiger partial charge in [0.05, 0.1) is 12.1 Å². The second-order valence-electron chi connectivity index (χ2n) is 9.89. The van der Waals surface area contributed by atoms with Crippen LogP contribution in [0, 0.1) is 29.1 Å². The van der Waals surface area contributed by atoms with Crippen LogP contribution in [0.15, 0.2) is 0 Å². The fraction of sp³-hybridized carbons (Fsp3) is 0.773. The monoisotopic (exact) mass is 571 g/mol. The van der Waals surface area contributed by atoms with Crippen molar-refractivity contribution in [3.05, 3.63) is 0 Å². The van der Waals surface area contributed by atoms with Gasteiger partial charge in [0.15, 0.2) is 0 Å². The Morgan fingerprint density at radius 1 is 1.18 bits per heavy atom. The molecule has 0 bridgehead atoms. The van der Waals surface area contributed by atoms with E-state index in [1.54, 1.807) is 0 Å². The lowest BCUT2D eigenvalue weighted by atomic mass is 9.89. The lowest BCUT2D eigenvalue weighted by molar-refractivity contribution is -0.339. The molecule has 218 valence electrons. The van der Waals surface area contributed by atoms with Crippen LogP contribution in [-0.4, -0.2) is 88.6 Å². The van der Waals surface area contributed by atoms with Gasteiger partial charge in [-0.05, 0) is 43.9 Å². The summed E-state index contributed by atoms with van der Waals surface area (Å²) in [5.41, 5.74) is 1.84. The molecule has 0 aromatic carbocycles. The number of carbonyl (C=O) groups excluding carboxylic acids is 3. The summed E-state index contributed by atoms with van der Waals surface area (Å²) in [6.07, 6.45) is -10.6. The predicted octanol–water partition coefficient (Wildman–Crippen LogP) is 1.09. The molecule has 3 fully saturated rings. The highest BCUT2D eigenvalue weighted by Crippen LogP contribution is 2.47. The first-order valence-corrected chi connectivity index (χ1v) is 12.1. The van der Waals surface area contributed by atoms with E-state index >= 15 is 0 Å². The van der Waals surface area contributed by atoms with E-state index < -0.39 is 96.2 Å². The minimum Gasteiger partial charge on any atom is -0.478 e. The van der Waals surface area contributed by atoms with Gasteiger partial charge in [0.1, 0.15) is 12.6 Å². The number of nitrogens with two attached hydrogens (primary N) is 1. The Kier molecular flexibility index (Phi) is 8.70. The highest BCUT2D eigenvalue weighted by molar-refractivity contribution is 5.91. The van der Waals surface area contributed by atoms with Crippen molar-refractivity contribution >= 4 is 23.7 Å². The largest absolute Gasteiger partial charge is 0.522 e. The zero-order chi connectivity index (χ0) is 29.3. The minimum absolute atomic E-state index is 0.0644. The number of rotatable bonds is 9. The standard InChI is InChI=1S/C22H27F6N5O6/c23-21(24,25)18(36)33(13(8-29)7-11-4-2-6-31-17(11)35)20(19(37)38,10-39-22(26,27)28)32-9-12-3-1-5-14(12)15(32)16(30)34/h11-15H,1-7,9-10H2,(H2,30,34)(H,31,35)(H,37,38)/t11-,12?,13-,14?,15?,20?/m0/s1. The van der Waals surface area contributed by atoms with Gasteiger partial charge >= 0.3 is 24.4 Å². The zero-order valence-electron chi connectivity index (χ0n) is 20.4. The number of nitriles is 1. The van der Waals surface area contributed by atoms with Crippen molar-refractivity contribution in [2.75, 3.05) is 19.7 Å². The lowest BCUT2D eigenvalue weighted by Crippen LogP contribution is -2.75. The van der Waals surface area contributed by atoms with Gasteiger partial charge in [-0.3, -0.25) is 28.9 Å². The van der Waals surface area contributed by atoms with E-state index in [9.17, 15) is 55.9 Å². The van der Waals surface area contributed by atoms with Gasteiger partial charge < -0.3 is 16.2 Å². The predicted molar refractivity (Wildman–Crippen MR) is 116 cm³/mol. The number of likely N-dealkylation sites (tertiary alicyclic amines) is 1. The van der Waals surface area contributed by atoms with Crippen LogP contribution in [0.2, 0.25) is 0 Å². The smallest absolute Gasteiger partial charge is 0.478 e. The van der Waals surface area contributed by atoms with Gasteiger partial charge in [0, 0.05) is 19.0 Å². The maximum absolute atomic E-state index is 13.9. The second-order valence-corrected chi connectivity index (χ2v) is 9.89. The Morgan fingerprint density at radius 3 is 2.36 bits per heavy atom. The van der Waals surface area contributed by atoms with Gasteiger partial charge in [-0.25, -0.2) is 4.79 Å². The van der Waals surface area contributed by atoms with E-state index in [2.05, 4.69) is 10.1 Å². The number of piperidine rings is 1. The first-order chi connectivity index (χ1) is 18.0. The van der Waals surface area contributed by atoms with Crippen LogP contribution in [0.3, 0.4) is 0 Å². The van der Waals surface area contributed by atoms with Crippen LogP contribution in [0.4, 0.5) is 26.3 Å². The molecular formula is C22H27F6N5O6. The molecule has 0 spiro atoms. The Morgan fingerprint density at radius 2 is 1.85 bits per heavy atom. The highest BCUT2D eigenvalue weighted by Gasteiger charge is 2.66. The van der Waals surface area contributed by atoms with Gasteiger partial charge in [0.25, 0.3) is 0 Å². The number of carboxylic acid groups (broad SMARTS) is 1. The van der Waals surface area contributed by atoms with E-state index in [1.807, 2.05) is 0 Å². The van der Waals surface area contributed by atoms with E-state index in [0.29, 0.717) is 24.2 Å². The van der Waals surface area contributed by atoms with Crippen molar-refractivity contribution in [3.8, 4) is 6.07 Å². The molecule has 2 heterocycles. The lowest BCUT2D eigenvalue weighted by Gasteiger charge is -2.49. The fourth-order valence-electron chi connectivity index (χ4n) is 6.06. The van der Waals surface area contributed by atoms with Crippen LogP contribution in [-0.2, 0) is 23.9 Å². The molecule has 1 aliphatic carbocycles. The Labute approximate surface area is 218 Å². The Hall–Kier alpha value is -3.13. The highest BCUT2D eigenvalue weighted by atomic mass is 19.4. The molecule has 0 aromatic heterocycles.